The molecule has 0 radical (unpaired) electrons. The lowest BCUT2D eigenvalue weighted by Gasteiger charge is -2.49. The molecule has 0 spiro atoms. The molecule has 0 aromatic heterocycles. The summed E-state index contributed by atoms with van der Waals surface area (Å²) in [5.41, 5.74) is 3.07. The van der Waals surface area contributed by atoms with Gasteiger partial charge in [-0.25, -0.2) is 0 Å². The summed E-state index contributed by atoms with van der Waals surface area (Å²) >= 11 is 0. The molecule has 0 nitrogen and oxygen atoms in total. The molecule has 1 aliphatic rings. The monoisotopic (exact) mass is 260 g/mol. The summed E-state index contributed by atoms with van der Waals surface area (Å²) < 4.78 is 0.399. The predicted molar refractivity (Wildman–Crippen MR) is 83.8 cm³/mol. The van der Waals surface area contributed by atoms with Gasteiger partial charge in [-0.2, -0.15) is 0 Å². The minimum absolute atomic E-state index is 0.399. The van der Waals surface area contributed by atoms with Crippen LogP contribution in [0, 0.1) is 0 Å². The third-order valence-electron chi connectivity index (χ3n) is 4.26. The molecular formula is C15H24Si2. The van der Waals surface area contributed by atoms with Crippen molar-refractivity contribution in [3.63, 3.8) is 0 Å². The van der Waals surface area contributed by atoms with E-state index in [0.717, 1.165) is 0 Å². The molecule has 92 valence electrons. The summed E-state index contributed by atoms with van der Waals surface area (Å²) in [6.45, 7) is 15.2. The topological polar surface area (TPSA) is 0 Å². The number of benzene rings is 1. The molecule has 17 heavy (non-hydrogen) atoms. The SMILES string of the molecule is C[Si](C)(C)C1([Si](C)(C)C)C=Cc2ccccc21. The number of allylic oxidation sites excluding steroid dienone is 1. The fraction of sp³-hybridized carbons (Fsp3) is 0.467. The second-order valence-corrected chi connectivity index (χ2v) is 18.3. The van der Waals surface area contributed by atoms with Gasteiger partial charge in [-0.15, -0.1) is 0 Å². The van der Waals surface area contributed by atoms with E-state index in [0.29, 0.717) is 4.66 Å². The van der Waals surface area contributed by atoms with Crippen LogP contribution in [0.15, 0.2) is 30.3 Å². The van der Waals surface area contributed by atoms with Crippen molar-refractivity contribution in [1.29, 1.82) is 0 Å². The van der Waals surface area contributed by atoms with Crippen LogP contribution in [0.4, 0.5) is 0 Å². The molecule has 2 heteroatoms. The Kier molecular flexibility index (Phi) is 2.79. The normalized spacial score (nSPS) is 18.2. The van der Waals surface area contributed by atoms with Gasteiger partial charge in [0.1, 0.15) is 0 Å². The largest absolute Gasteiger partial charge is 0.0787 e. The van der Waals surface area contributed by atoms with E-state index < -0.39 is 16.1 Å². The lowest BCUT2D eigenvalue weighted by atomic mass is 10.1. The fourth-order valence-electron chi connectivity index (χ4n) is 3.74. The Morgan fingerprint density at radius 2 is 1.35 bits per heavy atom. The van der Waals surface area contributed by atoms with E-state index in [9.17, 15) is 0 Å². The van der Waals surface area contributed by atoms with Gasteiger partial charge in [0.2, 0.25) is 0 Å². The highest BCUT2D eigenvalue weighted by molar-refractivity contribution is 6.99. The minimum Gasteiger partial charge on any atom is -0.0787 e. The van der Waals surface area contributed by atoms with Gasteiger partial charge in [0, 0.05) is 4.66 Å². The quantitative estimate of drug-likeness (QED) is 0.676. The number of rotatable bonds is 2. The van der Waals surface area contributed by atoms with Crippen LogP contribution in [0.2, 0.25) is 39.3 Å². The van der Waals surface area contributed by atoms with Crippen molar-refractivity contribution >= 4 is 22.2 Å². The number of fused-ring (bicyclic) bond motifs is 1. The molecule has 0 N–H and O–H groups in total. The molecule has 2 rings (SSSR count). The summed E-state index contributed by atoms with van der Waals surface area (Å²) in [6.07, 6.45) is 4.92. The van der Waals surface area contributed by atoms with Crippen LogP contribution in [-0.2, 0) is 4.66 Å². The van der Waals surface area contributed by atoms with Crippen molar-refractivity contribution in [3.8, 4) is 0 Å². The highest BCUT2D eigenvalue weighted by Gasteiger charge is 2.54. The third-order valence-corrected chi connectivity index (χ3v) is 14.4. The molecule has 1 aliphatic carbocycles. The van der Waals surface area contributed by atoms with Gasteiger partial charge in [-0.1, -0.05) is 75.7 Å². The zero-order chi connectivity index (χ0) is 12.9. The lowest BCUT2D eigenvalue weighted by Crippen LogP contribution is -2.61. The Morgan fingerprint density at radius 1 is 0.824 bits per heavy atom. The summed E-state index contributed by atoms with van der Waals surface area (Å²) in [4.78, 5) is 0. The maximum Gasteiger partial charge on any atom is 0.0571 e. The predicted octanol–water partition coefficient (Wildman–Crippen LogP) is 4.71. The van der Waals surface area contributed by atoms with Gasteiger partial charge in [-0.3, -0.25) is 0 Å². The van der Waals surface area contributed by atoms with Gasteiger partial charge in [0.25, 0.3) is 0 Å². The average Bonchev–Trinajstić information content (AvgIpc) is 2.55. The highest BCUT2D eigenvalue weighted by Crippen LogP contribution is 2.48. The van der Waals surface area contributed by atoms with Crippen LogP contribution in [0.25, 0.3) is 6.08 Å². The van der Waals surface area contributed by atoms with E-state index in [2.05, 4.69) is 75.7 Å². The van der Waals surface area contributed by atoms with Crippen LogP contribution >= 0.6 is 0 Å². The molecule has 0 bridgehead atoms. The van der Waals surface area contributed by atoms with Crippen LogP contribution in [0.5, 0.6) is 0 Å². The van der Waals surface area contributed by atoms with Crippen molar-refractivity contribution in [2.45, 2.75) is 43.9 Å². The maximum atomic E-state index is 2.55. The molecule has 0 heterocycles. The zero-order valence-electron chi connectivity index (χ0n) is 12.0. The van der Waals surface area contributed by atoms with Crippen molar-refractivity contribution in [1.82, 2.24) is 0 Å². The molecule has 0 aliphatic heterocycles. The van der Waals surface area contributed by atoms with Crippen molar-refractivity contribution in [2.24, 2.45) is 0 Å². The second kappa shape index (κ2) is 3.69. The first-order valence-electron chi connectivity index (χ1n) is 6.49. The highest BCUT2D eigenvalue weighted by atomic mass is 28.4. The Balaban J connectivity index is 2.73. The summed E-state index contributed by atoms with van der Waals surface area (Å²) in [6, 6.07) is 9.01. The molecule has 0 fully saturated rings. The Hall–Kier alpha value is -0.606. The summed E-state index contributed by atoms with van der Waals surface area (Å²) in [5.74, 6) is 0. The van der Waals surface area contributed by atoms with E-state index in [1.54, 1.807) is 5.56 Å². The maximum absolute atomic E-state index is 2.55. The lowest BCUT2D eigenvalue weighted by molar-refractivity contribution is 0.985. The first kappa shape index (κ1) is 12.8. The van der Waals surface area contributed by atoms with E-state index in [-0.39, 0.29) is 0 Å². The van der Waals surface area contributed by atoms with Crippen LogP contribution in [0.3, 0.4) is 0 Å². The summed E-state index contributed by atoms with van der Waals surface area (Å²) in [7, 11) is -2.57. The Morgan fingerprint density at radius 3 is 1.88 bits per heavy atom. The average molecular weight is 261 g/mol. The molecule has 0 saturated carbocycles. The molecule has 1 aromatic rings. The van der Waals surface area contributed by atoms with Gasteiger partial charge in [0.15, 0.2) is 0 Å². The van der Waals surface area contributed by atoms with E-state index >= 15 is 0 Å². The molecule has 0 amide bonds. The first-order chi connectivity index (χ1) is 7.70. The summed E-state index contributed by atoms with van der Waals surface area (Å²) in [5, 5.41) is 0. The second-order valence-electron chi connectivity index (χ2n) is 7.23. The van der Waals surface area contributed by atoms with Crippen LogP contribution in [-0.4, -0.2) is 16.1 Å². The Bertz CT molecular complexity index is 445. The van der Waals surface area contributed by atoms with Crippen LogP contribution < -0.4 is 0 Å². The molecular weight excluding hydrogens is 236 g/mol. The fourth-order valence-corrected chi connectivity index (χ4v) is 16.0. The molecule has 0 saturated heterocycles. The first-order valence-corrected chi connectivity index (χ1v) is 13.5. The number of hydrogen-bond acceptors (Lipinski definition) is 0. The van der Waals surface area contributed by atoms with Crippen molar-refractivity contribution in [2.75, 3.05) is 0 Å². The zero-order valence-corrected chi connectivity index (χ0v) is 14.0. The van der Waals surface area contributed by atoms with Gasteiger partial charge < -0.3 is 0 Å². The van der Waals surface area contributed by atoms with Gasteiger partial charge in [0.05, 0.1) is 16.1 Å². The van der Waals surface area contributed by atoms with E-state index in [4.69, 9.17) is 0 Å². The van der Waals surface area contributed by atoms with Gasteiger partial charge >= 0.3 is 0 Å². The standard InChI is InChI=1S/C15H24Si2/c1-16(2,3)15(17(4,5)6)12-11-13-9-7-8-10-14(13)15/h7-12H,1-6H3. The molecule has 0 unspecified atom stereocenters. The minimum atomic E-state index is -1.29. The molecule has 1 aromatic carbocycles. The Labute approximate surface area is 108 Å². The van der Waals surface area contributed by atoms with Gasteiger partial charge in [-0.05, 0) is 11.1 Å². The van der Waals surface area contributed by atoms with E-state index in [1.807, 2.05) is 0 Å². The van der Waals surface area contributed by atoms with Crippen molar-refractivity contribution < 1.29 is 0 Å². The van der Waals surface area contributed by atoms with Crippen LogP contribution in [0.1, 0.15) is 11.1 Å². The third kappa shape index (κ3) is 1.69. The molecule has 0 atom stereocenters. The van der Waals surface area contributed by atoms with E-state index in [1.165, 1.54) is 5.56 Å². The number of hydrogen-bond donors (Lipinski definition) is 0. The van der Waals surface area contributed by atoms with Crippen molar-refractivity contribution in [3.05, 3.63) is 41.5 Å². The smallest absolute Gasteiger partial charge is 0.0571 e.